The van der Waals surface area contributed by atoms with E-state index in [-0.39, 0.29) is 5.82 Å². The normalized spacial score (nSPS) is 15.6. The van der Waals surface area contributed by atoms with Gasteiger partial charge in [-0.3, -0.25) is 0 Å². The first-order chi connectivity index (χ1) is 10.3. The summed E-state index contributed by atoms with van der Waals surface area (Å²) in [5.74, 6) is -0.362. The van der Waals surface area contributed by atoms with Crippen molar-refractivity contribution in [2.45, 2.75) is 38.5 Å². The first-order valence-corrected chi connectivity index (χ1v) is 7.95. The van der Waals surface area contributed by atoms with E-state index in [1.54, 1.807) is 6.07 Å². The zero-order valence-electron chi connectivity index (χ0n) is 12.6. The molecule has 1 aliphatic heterocycles. The van der Waals surface area contributed by atoms with E-state index in [2.05, 4.69) is 10.2 Å². The van der Waals surface area contributed by atoms with Crippen LogP contribution in [0.4, 0.5) is 10.1 Å². The van der Waals surface area contributed by atoms with E-state index in [0.29, 0.717) is 5.56 Å². The Hall–Kier alpha value is -1.60. The second-order valence-corrected chi connectivity index (χ2v) is 5.69. The summed E-state index contributed by atoms with van der Waals surface area (Å²) in [4.78, 5) is 2.56. The fraction of sp³-hybridized carbons (Fsp3) is 0.588. The summed E-state index contributed by atoms with van der Waals surface area (Å²) in [6, 6.07) is 6.33. The maximum absolute atomic E-state index is 13.0. The maximum Gasteiger partial charge on any atom is 0.124 e. The molecule has 1 aliphatic rings. The van der Waals surface area contributed by atoms with Crippen LogP contribution in [0, 0.1) is 17.1 Å². The Balaban J connectivity index is 1.60. The van der Waals surface area contributed by atoms with Gasteiger partial charge in [-0.15, -0.1) is 0 Å². The number of hydrogen-bond acceptors (Lipinski definition) is 3. The average Bonchev–Trinajstić information content (AvgIpc) is 2.52. The monoisotopic (exact) mass is 289 g/mol. The van der Waals surface area contributed by atoms with E-state index < -0.39 is 0 Å². The number of anilines is 1. The third kappa shape index (κ3) is 5.35. The van der Waals surface area contributed by atoms with Gasteiger partial charge in [-0.25, -0.2) is 4.39 Å². The van der Waals surface area contributed by atoms with E-state index >= 15 is 0 Å². The van der Waals surface area contributed by atoms with E-state index in [4.69, 9.17) is 5.26 Å². The van der Waals surface area contributed by atoms with Crippen molar-refractivity contribution in [3.8, 4) is 6.07 Å². The van der Waals surface area contributed by atoms with Crippen LogP contribution in [-0.4, -0.2) is 31.1 Å². The van der Waals surface area contributed by atoms with Crippen LogP contribution in [0.25, 0.3) is 0 Å². The van der Waals surface area contributed by atoms with Crippen LogP contribution >= 0.6 is 0 Å². The van der Waals surface area contributed by atoms with Crippen molar-refractivity contribution in [1.82, 2.24) is 4.90 Å². The Morgan fingerprint density at radius 3 is 2.71 bits per heavy atom. The molecule has 4 heteroatoms. The lowest BCUT2D eigenvalue weighted by Crippen LogP contribution is -2.30. The van der Waals surface area contributed by atoms with Gasteiger partial charge in [0.25, 0.3) is 0 Å². The topological polar surface area (TPSA) is 39.1 Å². The fourth-order valence-electron chi connectivity index (χ4n) is 2.81. The number of hydrogen-bond donors (Lipinski definition) is 1. The van der Waals surface area contributed by atoms with Crippen molar-refractivity contribution in [2.75, 3.05) is 31.5 Å². The minimum absolute atomic E-state index is 0.362. The van der Waals surface area contributed by atoms with E-state index in [1.165, 1.54) is 63.9 Å². The minimum Gasteiger partial charge on any atom is -0.384 e. The van der Waals surface area contributed by atoms with Crippen LogP contribution in [0.5, 0.6) is 0 Å². The van der Waals surface area contributed by atoms with Crippen LogP contribution in [0.3, 0.4) is 0 Å². The van der Waals surface area contributed by atoms with Crippen LogP contribution in [0.15, 0.2) is 18.2 Å². The standard InChI is InChI=1S/C17H24FN3/c18-16-7-8-17(15(13-16)14-19)20-9-3-1-4-10-21-11-5-2-6-12-21/h7-8,13,20H,1-6,9-12H2. The largest absolute Gasteiger partial charge is 0.384 e. The second-order valence-electron chi connectivity index (χ2n) is 5.69. The maximum atomic E-state index is 13.0. The van der Waals surface area contributed by atoms with Gasteiger partial charge in [0.05, 0.1) is 11.3 Å². The third-order valence-corrected chi connectivity index (χ3v) is 4.02. The van der Waals surface area contributed by atoms with Crippen LogP contribution < -0.4 is 5.32 Å². The molecule has 1 saturated heterocycles. The molecule has 1 fully saturated rings. The fourth-order valence-corrected chi connectivity index (χ4v) is 2.81. The Morgan fingerprint density at radius 2 is 1.95 bits per heavy atom. The SMILES string of the molecule is N#Cc1cc(F)ccc1NCCCCCN1CCCCC1. The molecule has 0 spiro atoms. The molecule has 21 heavy (non-hydrogen) atoms. The van der Waals surface area contributed by atoms with E-state index in [0.717, 1.165) is 18.7 Å². The number of nitrogens with one attached hydrogen (secondary N) is 1. The van der Waals surface area contributed by atoms with Crippen molar-refractivity contribution < 1.29 is 4.39 Å². The Kier molecular flexibility index (Phi) is 6.49. The first kappa shape index (κ1) is 15.8. The van der Waals surface area contributed by atoms with E-state index in [9.17, 15) is 4.39 Å². The summed E-state index contributed by atoms with van der Waals surface area (Å²) in [5, 5.41) is 12.2. The molecule has 0 unspecified atom stereocenters. The Morgan fingerprint density at radius 1 is 1.14 bits per heavy atom. The highest BCUT2D eigenvalue weighted by Crippen LogP contribution is 2.16. The molecule has 3 nitrogen and oxygen atoms in total. The summed E-state index contributed by atoms with van der Waals surface area (Å²) < 4.78 is 13.0. The van der Waals surface area contributed by atoms with Crippen molar-refractivity contribution >= 4 is 5.69 Å². The number of nitrogens with zero attached hydrogens (tertiary/aromatic N) is 2. The number of benzene rings is 1. The molecular formula is C17H24FN3. The predicted octanol–water partition coefficient (Wildman–Crippen LogP) is 3.77. The number of nitriles is 1. The molecule has 2 rings (SSSR count). The molecule has 0 saturated carbocycles. The highest BCUT2D eigenvalue weighted by molar-refractivity contribution is 5.57. The van der Waals surface area contributed by atoms with Gasteiger partial charge < -0.3 is 10.2 Å². The summed E-state index contributed by atoms with van der Waals surface area (Å²) in [5.41, 5.74) is 1.11. The highest BCUT2D eigenvalue weighted by Gasteiger charge is 2.08. The number of likely N-dealkylation sites (tertiary alicyclic amines) is 1. The van der Waals surface area contributed by atoms with Crippen molar-refractivity contribution in [3.63, 3.8) is 0 Å². The van der Waals surface area contributed by atoms with Gasteiger partial charge in [-0.05, 0) is 63.5 Å². The van der Waals surface area contributed by atoms with Crippen LogP contribution in [0.1, 0.15) is 44.1 Å². The summed E-state index contributed by atoms with van der Waals surface area (Å²) in [7, 11) is 0. The molecular weight excluding hydrogens is 265 g/mol. The summed E-state index contributed by atoms with van der Waals surface area (Å²) in [6.45, 7) is 4.57. The lowest BCUT2D eigenvalue weighted by atomic mass is 10.1. The molecule has 114 valence electrons. The summed E-state index contributed by atoms with van der Waals surface area (Å²) >= 11 is 0. The zero-order valence-corrected chi connectivity index (χ0v) is 12.6. The van der Waals surface area contributed by atoms with Gasteiger partial charge in [-0.1, -0.05) is 12.8 Å². The highest BCUT2D eigenvalue weighted by atomic mass is 19.1. The molecule has 0 amide bonds. The second kappa shape index (κ2) is 8.63. The van der Waals surface area contributed by atoms with Gasteiger partial charge in [0.15, 0.2) is 0 Å². The van der Waals surface area contributed by atoms with Gasteiger partial charge in [0.1, 0.15) is 11.9 Å². The quantitative estimate of drug-likeness (QED) is 0.777. The number of unbranched alkanes of at least 4 members (excludes halogenated alkanes) is 2. The molecule has 0 aromatic heterocycles. The molecule has 0 atom stereocenters. The molecule has 1 aromatic carbocycles. The van der Waals surface area contributed by atoms with Crippen molar-refractivity contribution in [2.24, 2.45) is 0 Å². The summed E-state index contributed by atoms with van der Waals surface area (Å²) in [6.07, 6.45) is 7.59. The number of piperidine rings is 1. The zero-order chi connectivity index (χ0) is 14.9. The van der Waals surface area contributed by atoms with Gasteiger partial charge in [0.2, 0.25) is 0 Å². The predicted molar refractivity (Wildman–Crippen MR) is 83.7 cm³/mol. The Bertz CT molecular complexity index is 475. The smallest absolute Gasteiger partial charge is 0.124 e. The lowest BCUT2D eigenvalue weighted by Gasteiger charge is -2.26. The number of rotatable bonds is 7. The molecule has 1 aromatic rings. The van der Waals surface area contributed by atoms with Crippen LogP contribution in [-0.2, 0) is 0 Å². The molecule has 1 heterocycles. The Labute approximate surface area is 126 Å². The number of halogens is 1. The minimum atomic E-state index is -0.362. The van der Waals surface area contributed by atoms with Gasteiger partial charge in [0, 0.05) is 6.54 Å². The average molecular weight is 289 g/mol. The van der Waals surface area contributed by atoms with Crippen molar-refractivity contribution in [3.05, 3.63) is 29.6 Å². The molecule has 0 aliphatic carbocycles. The van der Waals surface area contributed by atoms with Crippen LogP contribution in [0.2, 0.25) is 0 Å². The van der Waals surface area contributed by atoms with Gasteiger partial charge >= 0.3 is 0 Å². The molecule has 0 bridgehead atoms. The van der Waals surface area contributed by atoms with Crippen molar-refractivity contribution in [1.29, 1.82) is 5.26 Å². The first-order valence-electron chi connectivity index (χ1n) is 7.95. The van der Waals surface area contributed by atoms with Gasteiger partial charge in [-0.2, -0.15) is 5.26 Å². The third-order valence-electron chi connectivity index (χ3n) is 4.02. The molecule has 0 radical (unpaired) electrons. The molecule has 1 N–H and O–H groups in total. The van der Waals surface area contributed by atoms with E-state index in [1.807, 2.05) is 6.07 Å². The lowest BCUT2D eigenvalue weighted by molar-refractivity contribution is 0.224.